The van der Waals surface area contributed by atoms with Crippen LogP contribution in [0.4, 0.5) is 0 Å². The van der Waals surface area contributed by atoms with Crippen molar-refractivity contribution in [3.8, 4) is 0 Å². The standard InChI is InChI=1S/C11H14N2O2S/c1-2-15-5-3-10(14)7-9-8-13-4-6-16-11(13)12-9/h4,6,8H,2-3,5,7H2,1H3. The molecule has 0 aliphatic rings. The van der Waals surface area contributed by atoms with E-state index in [0.717, 1.165) is 10.7 Å². The lowest BCUT2D eigenvalue weighted by Crippen LogP contribution is -2.07. The Morgan fingerprint density at radius 1 is 1.62 bits per heavy atom. The summed E-state index contributed by atoms with van der Waals surface area (Å²) in [6, 6.07) is 0. The zero-order valence-corrected chi connectivity index (χ0v) is 10.00. The highest BCUT2D eigenvalue weighted by atomic mass is 32.1. The van der Waals surface area contributed by atoms with Crippen LogP contribution in [-0.2, 0) is 16.0 Å². The highest BCUT2D eigenvalue weighted by Gasteiger charge is 2.08. The Hall–Kier alpha value is -1.20. The largest absolute Gasteiger partial charge is 0.381 e. The van der Waals surface area contributed by atoms with Crippen LogP contribution in [0.1, 0.15) is 19.0 Å². The van der Waals surface area contributed by atoms with Crippen LogP contribution in [-0.4, -0.2) is 28.4 Å². The van der Waals surface area contributed by atoms with Gasteiger partial charge in [-0.1, -0.05) is 0 Å². The predicted octanol–water partition coefficient (Wildman–Crippen LogP) is 1.93. The molecular weight excluding hydrogens is 224 g/mol. The molecule has 0 unspecified atom stereocenters. The second-order valence-electron chi connectivity index (χ2n) is 3.49. The van der Waals surface area contributed by atoms with Crippen molar-refractivity contribution < 1.29 is 9.53 Å². The van der Waals surface area contributed by atoms with E-state index in [1.54, 1.807) is 11.3 Å². The highest BCUT2D eigenvalue weighted by molar-refractivity contribution is 7.15. The number of ether oxygens (including phenoxy) is 1. The van der Waals surface area contributed by atoms with E-state index in [4.69, 9.17) is 4.74 Å². The molecule has 2 aromatic heterocycles. The number of imidazole rings is 1. The molecule has 2 rings (SSSR count). The SMILES string of the molecule is CCOCCC(=O)Cc1cn2ccsc2n1. The minimum Gasteiger partial charge on any atom is -0.381 e. The minimum atomic E-state index is 0.180. The van der Waals surface area contributed by atoms with Crippen molar-refractivity contribution in [2.45, 2.75) is 19.8 Å². The van der Waals surface area contributed by atoms with Crippen LogP contribution in [0.15, 0.2) is 17.8 Å². The Morgan fingerprint density at radius 3 is 3.25 bits per heavy atom. The Morgan fingerprint density at radius 2 is 2.50 bits per heavy atom. The summed E-state index contributed by atoms with van der Waals surface area (Å²) in [7, 11) is 0. The number of hydrogen-bond donors (Lipinski definition) is 0. The first kappa shape index (κ1) is 11.3. The summed E-state index contributed by atoms with van der Waals surface area (Å²) >= 11 is 1.57. The molecular formula is C11H14N2O2S. The zero-order valence-electron chi connectivity index (χ0n) is 9.18. The maximum Gasteiger partial charge on any atom is 0.193 e. The molecule has 0 saturated heterocycles. The molecule has 0 N–H and O–H groups in total. The van der Waals surface area contributed by atoms with Gasteiger partial charge in [-0.3, -0.25) is 9.20 Å². The van der Waals surface area contributed by atoms with E-state index in [9.17, 15) is 4.79 Å². The number of nitrogens with zero attached hydrogens (tertiary/aromatic N) is 2. The molecule has 86 valence electrons. The van der Waals surface area contributed by atoms with Gasteiger partial charge in [-0.25, -0.2) is 4.98 Å². The number of rotatable bonds is 6. The molecule has 0 atom stereocenters. The fraction of sp³-hybridized carbons (Fsp3) is 0.455. The molecule has 0 aliphatic heterocycles. The van der Waals surface area contributed by atoms with E-state index >= 15 is 0 Å². The first-order chi connectivity index (χ1) is 7.79. The summed E-state index contributed by atoms with van der Waals surface area (Å²) in [5.74, 6) is 0.180. The van der Waals surface area contributed by atoms with Crippen LogP contribution in [0.25, 0.3) is 4.96 Å². The van der Waals surface area contributed by atoms with Crippen molar-refractivity contribution in [2.75, 3.05) is 13.2 Å². The van der Waals surface area contributed by atoms with E-state index in [2.05, 4.69) is 4.98 Å². The molecule has 0 amide bonds. The lowest BCUT2D eigenvalue weighted by Gasteiger charge is -1.98. The lowest BCUT2D eigenvalue weighted by atomic mass is 10.2. The van der Waals surface area contributed by atoms with E-state index in [1.165, 1.54) is 0 Å². The summed E-state index contributed by atoms with van der Waals surface area (Å²) < 4.78 is 7.08. The molecule has 16 heavy (non-hydrogen) atoms. The normalized spacial score (nSPS) is 11.1. The summed E-state index contributed by atoms with van der Waals surface area (Å²) in [6.07, 6.45) is 4.73. The molecule has 0 aromatic carbocycles. The Balaban J connectivity index is 1.89. The van der Waals surface area contributed by atoms with E-state index in [-0.39, 0.29) is 5.78 Å². The Bertz CT molecular complexity index is 446. The summed E-state index contributed by atoms with van der Waals surface area (Å²) in [5.41, 5.74) is 0.841. The third kappa shape index (κ3) is 2.68. The van der Waals surface area contributed by atoms with Crippen molar-refractivity contribution in [2.24, 2.45) is 0 Å². The number of fused-ring (bicyclic) bond motifs is 1. The molecule has 0 bridgehead atoms. The van der Waals surface area contributed by atoms with E-state index in [1.807, 2.05) is 29.1 Å². The van der Waals surface area contributed by atoms with Crippen molar-refractivity contribution in [3.63, 3.8) is 0 Å². The van der Waals surface area contributed by atoms with Gasteiger partial charge < -0.3 is 4.74 Å². The number of carbonyl (C=O) groups is 1. The zero-order chi connectivity index (χ0) is 11.4. The molecule has 4 nitrogen and oxygen atoms in total. The van der Waals surface area contributed by atoms with Gasteiger partial charge in [0, 0.05) is 30.8 Å². The maximum absolute atomic E-state index is 11.6. The van der Waals surface area contributed by atoms with Crippen LogP contribution in [0.3, 0.4) is 0 Å². The molecule has 2 heterocycles. The van der Waals surface area contributed by atoms with Gasteiger partial charge in [0.2, 0.25) is 0 Å². The number of ketones is 1. The quantitative estimate of drug-likeness (QED) is 0.722. The molecule has 5 heteroatoms. The fourth-order valence-electron chi connectivity index (χ4n) is 1.48. The van der Waals surface area contributed by atoms with Crippen LogP contribution in [0, 0.1) is 0 Å². The summed E-state index contributed by atoms with van der Waals surface area (Å²) in [5, 5.41) is 1.98. The molecule has 0 radical (unpaired) electrons. The van der Waals surface area contributed by atoms with Gasteiger partial charge >= 0.3 is 0 Å². The second kappa shape index (κ2) is 5.23. The third-order valence-corrected chi connectivity index (χ3v) is 3.02. The summed E-state index contributed by atoms with van der Waals surface area (Å²) in [6.45, 7) is 3.10. The van der Waals surface area contributed by atoms with Gasteiger partial charge in [-0.15, -0.1) is 11.3 Å². The van der Waals surface area contributed by atoms with Gasteiger partial charge in [0.15, 0.2) is 4.96 Å². The van der Waals surface area contributed by atoms with Crippen LogP contribution in [0.5, 0.6) is 0 Å². The molecule has 0 saturated carbocycles. The molecule has 0 fully saturated rings. The first-order valence-electron chi connectivity index (χ1n) is 5.30. The smallest absolute Gasteiger partial charge is 0.193 e. The fourth-order valence-corrected chi connectivity index (χ4v) is 2.20. The number of hydrogen-bond acceptors (Lipinski definition) is 4. The molecule has 0 spiro atoms. The third-order valence-electron chi connectivity index (χ3n) is 2.25. The van der Waals surface area contributed by atoms with Gasteiger partial charge in [-0.05, 0) is 6.92 Å². The Kier molecular flexibility index (Phi) is 3.69. The molecule has 0 aliphatic carbocycles. The second-order valence-corrected chi connectivity index (χ2v) is 4.36. The minimum absolute atomic E-state index is 0.180. The van der Waals surface area contributed by atoms with Gasteiger partial charge in [0.05, 0.1) is 18.7 Å². The van der Waals surface area contributed by atoms with Crippen LogP contribution in [0.2, 0.25) is 0 Å². The monoisotopic (exact) mass is 238 g/mol. The van der Waals surface area contributed by atoms with E-state index < -0.39 is 0 Å². The van der Waals surface area contributed by atoms with Gasteiger partial charge in [-0.2, -0.15) is 0 Å². The van der Waals surface area contributed by atoms with Gasteiger partial charge in [0.25, 0.3) is 0 Å². The van der Waals surface area contributed by atoms with Crippen molar-refractivity contribution in [1.29, 1.82) is 0 Å². The van der Waals surface area contributed by atoms with Crippen LogP contribution >= 0.6 is 11.3 Å². The maximum atomic E-state index is 11.6. The lowest BCUT2D eigenvalue weighted by molar-refractivity contribution is -0.119. The summed E-state index contributed by atoms with van der Waals surface area (Å²) in [4.78, 5) is 16.9. The number of Topliss-reactive ketones (excluding diaryl/α,β-unsaturated/α-hetero) is 1. The van der Waals surface area contributed by atoms with Crippen molar-refractivity contribution in [1.82, 2.24) is 9.38 Å². The molecule has 2 aromatic rings. The average Bonchev–Trinajstić information content (AvgIpc) is 2.78. The topological polar surface area (TPSA) is 43.6 Å². The van der Waals surface area contributed by atoms with Gasteiger partial charge in [0.1, 0.15) is 5.78 Å². The van der Waals surface area contributed by atoms with E-state index in [0.29, 0.717) is 26.1 Å². The number of aromatic nitrogens is 2. The Labute approximate surface area is 97.9 Å². The van der Waals surface area contributed by atoms with Crippen LogP contribution < -0.4 is 0 Å². The predicted molar refractivity (Wildman–Crippen MR) is 62.9 cm³/mol. The number of carbonyl (C=O) groups excluding carboxylic acids is 1. The first-order valence-corrected chi connectivity index (χ1v) is 6.18. The highest BCUT2D eigenvalue weighted by Crippen LogP contribution is 2.12. The number of thiazole rings is 1. The van der Waals surface area contributed by atoms with Crippen molar-refractivity contribution in [3.05, 3.63) is 23.5 Å². The van der Waals surface area contributed by atoms with Crippen molar-refractivity contribution >= 4 is 22.1 Å². The average molecular weight is 238 g/mol.